The van der Waals surface area contributed by atoms with Crippen molar-refractivity contribution in [3.63, 3.8) is 0 Å². The summed E-state index contributed by atoms with van der Waals surface area (Å²) in [5, 5.41) is 2.46. The number of anilines is 2. The summed E-state index contributed by atoms with van der Waals surface area (Å²) >= 11 is 2.08. The number of aromatic nitrogens is 1. The smallest absolute Gasteiger partial charge is 0.308 e. The van der Waals surface area contributed by atoms with E-state index in [0.717, 1.165) is 33.6 Å². The molecule has 0 aliphatic carbocycles. The fraction of sp³-hybridized carbons (Fsp3) is 0.200. The molecule has 3 aromatic carbocycles. The Bertz CT molecular complexity index is 1750. The average Bonchev–Trinajstić information content (AvgIpc) is 3.41. The third-order valence-electron chi connectivity index (χ3n) is 7.33. The van der Waals surface area contributed by atoms with Crippen LogP contribution in [0, 0.1) is 18.7 Å². The van der Waals surface area contributed by atoms with E-state index in [9.17, 15) is 23.6 Å². The van der Waals surface area contributed by atoms with Gasteiger partial charge in [0.05, 0.1) is 23.7 Å². The third kappa shape index (κ3) is 4.64. The van der Waals surface area contributed by atoms with Crippen LogP contribution in [-0.2, 0) is 20.9 Å². The van der Waals surface area contributed by atoms with E-state index < -0.39 is 34.7 Å². The van der Waals surface area contributed by atoms with E-state index in [1.807, 2.05) is 37.3 Å². The zero-order valence-corrected chi connectivity index (χ0v) is 23.6. The first-order valence-electron chi connectivity index (χ1n) is 12.8. The van der Waals surface area contributed by atoms with Crippen molar-refractivity contribution in [2.24, 2.45) is 5.92 Å². The largest absolute Gasteiger partial charge is 0.496 e. The quantitative estimate of drug-likeness (QED) is 0.325. The van der Waals surface area contributed by atoms with E-state index in [1.54, 1.807) is 18.2 Å². The molecule has 1 fully saturated rings. The Labute approximate surface area is 242 Å². The summed E-state index contributed by atoms with van der Waals surface area (Å²) in [4.78, 5) is 55.5. The number of carbonyl (C=O) groups excluding carboxylic acids is 3. The third-order valence-corrected chi connectivity index (χ3v) is 9.93. The number of fused-ring (bicyclic) bond motifs is 2. The summed E-state index contributed by atoms with van der Waals surface area (Å²) in [7, 11) is 1.52. The van der Waals surface area contributed by atoms with Crippen LogP contribution in [0.1, 0.15) is 21.9 Å². The molecule has 0 radical (unpaired) electrons. The van der Waals surface area contributed by atoms with Gasteiger partial charge in [0.2, 0.25) is 17.7 Å². The van der Waals surface area contributed by atoms with Gasteiger partial charge in [0.15, 0.2) is 0 Å². The SMILES string of the molecule is COc1ccccc1C1c2sc(=O)n(CC(=O)Nc3ccccc3C)c2SC2C(=O)N(c3ccc(F)cc3)C(=O)C21. The highest BCUT2D eigenvalue weighted by Gasteiger charge is 2.57. The van der Waals surface area contributed by atoms with Gasteiger partial charge in [0.25, 0.3) is 0 Å². The normalized spacial score (nSPS) is 19.6. The average molecular weight is 590 g/mol. The molecule has 208 valence electrons. The molecule has 6 rings (SSSR count). The number of thioether (sulfide) groups is 1. The van der Waals surface area contributed by atoms with Crippen molar-refractivity contribution in [1.29, 1.82) is 0 Å². The highest BCUT2D eigenvalue weighted by Crippen LogP contribution is 2.55. The fourth-order valence-corrected chi connectivity index (χ4v) is 8.17. The standard InChI is InChI=1S/C30H24FN3O5S2/c1-16-7-3-5-9-20(16)32-22(35)15-33-29-26(41-30(33)38)23(19-8-4-6-10-21(19)39-2)24-25(40-29)28(37)34(27(24)36)18-13-11-17(31)12-14-18/h3-14,23-25H,15H2,1-2H3,(H,32,35). The number of hydrogen-bond acceptors (Lipinski definition) is 7. The van der Waals surface area contributed by atoms with E-state index in [4.69, 9.17) is 4.74 Å². The number of para-hydroxylation sites is 2. The second-order valence-electron chi connectivity index (χ2n) is 9.76. The van der Waals surface area contributed by atoms with Crippen molar-refractivity contribution in [1.82, 2.24) is 4.57 Å². The van der Waals surface area contributed by atoms with Crippen molar-refractivity contribution >= 4 is 52.2 Å². The predicted molar refractivity (Wildman–Crippen MR) is 155 cm³/mol. The Morgan fingerprint density at radius 2 is 1.68 bits per heavy atom. The van der Waals surface area contributed by atoms with Crippen LogP contribution in [-0.4, -0.2) is 34.6 Å². The van der Waals surface area contributed by atoms with Crippen LogP contribution >= 0.6 is 23.1 Å². The maximum Gasteiger partial charge on any atom is 0.308 e. The van der Waals surface area contributed by atoms with Crippen LogP contribution in [0.3, 0.4) is 0 Å². The van der Waals surface area contributed by atoms with E-state index >= 15 is 0 Å². The summed E-state index contributed by atoms with van der Waals surface area (Å²) in [6.07, 6.45) is 0. The van der Waals surface area contributed by atoms with E-state index in [2.05, 4.69) is 5.32 Å². The van der Waals surface area contributed by atoms with Crippen molar-refractivity contribution in [3.05, 3.63) is 104 Å². The van der Waals surface area contributed by atoms with Gasteiger partial charge in [0.1, 0.15) is 23.4 Å². The number of carbonyl (C=O) groups is 3. The molecule has 3 heterocycles. The molecule has 2 aliphatic heterocycles. The van der Waals surface area contributed by atoms with Crippen LogP contribution in [0.25, 0.3) is 0 Å². The van der Waals surface area contributed by atoms with Gasteiger partial charge >= 0.3 is 4.87 Å². The van der Waals surface area contributed by atoms with Gasteiger partial charge in [-0.2, -0.15) is 0 Å². The number of aryl methyl sites for hydroxylation is 1. The number of halogens is 1. The summed E-state index contributed by atoms with van der Waals surface area (Å²) in [5.41, 5.74) is 2.45. The molecule has 0 bridgehead atoms. The van der Waals surface area contributed by atoms with Gasteiger partial charge < -0.3 is 10.1 Å². The molecule has 1 aromatic heterocycles. The zero-order valence-electron chi connectivity index (χ0n) is 22.0. The zero-order chi connectivity index (χ0) is 28.8. The molecule has 11 heteroatoms. The highest BCUT2D eigenvalue weighted by molar-refractivity contribution is 8.00. The van der Waals surface area contributed by atoms with Crippen molar-refractivity contribution in [2.45, 2.75) is 29.7 Å². The molecule has 3 atom stereocenters. The molecule has 0 spiro atoms. The molecular formula is C30H24FN3O5S2. The fourth-order valence-electron chi connectivity index (χ4n) is 5.40. The molecule has 1 N–H and O–H groups in total. The number of amides is 3. The van der Waals surface area contributed by atoms with Crippen LogP contribution < -0.4 is 19.8 Å². The number of thiazole rings is 1. The molecular weight excluding hydrogens is 565 g/mol. The van der Waals surface area contributed by atoms with E-state index in [0.29, 0.717) is 26.9 Å². The second-order valence-corrected chi connectivity index (χ2v) is 11.9. The summed E-state index contributed by atoms with van der Waals surface area (Å²) in [6, 6.07) is 19.7. The molecule has 4 aromatic rings. The molecule has 3 amide bonds. The molecule has 2 aliphatic rings. The molecule has 41 heavy (non-hydrogen) atoms. The first kappa shape index (κ1) is 27.0. The van der Waals surface area contributed by atoms with Gasteiger partial charge in [-0.3, -0.25) is 23.7 Å². The lowest BCUT2D eigenvalue weighted by molar-refractivity contribution is -0.122. The first-order valence-corrected chi connectivity index (χ1v) is 14.5. The van der Waals surface area contributed by atoms with Gasteiger partial charge in [0, 0.05) is 22.0 Å². The number of rotatable bonds is 6. The van der Waals surface area contributed by atoms with Crippen LogP contribution in [0.2, 0.25) is 0 Å². The summed E-state index contributed by atoms with van der Waals surface area (Å²) in [5.74, 6) is -2.77. The number of hydrogen-bond donors (Lipinski definition) is 1. The van der Waals surface area contributed by atoms with Crippen LogP contribution in [0.4, 0.5) is 15.8 Å². The van der Waals surface area contributed by atoms with Crippen LogP contribution in [0.5, 0.6) is 5.75 Å². The number of nitrogens with zero attached hydrogens (tertiary/aromatic N) is 2. The lowest BCUT2D eigenvalue weighted by Crippen LogP contribution is -2.33. The van der Waals surface area contributed by atoms with Crippen molar-refractivity contribution < 1.29 is 23.5 Å². The topological polar surface area (TPSA) is 97.7 Å². The van der Waals surface area contributed by atoms with Crippen molar-refractivity contribution in [2.75, 3.05) is 17.3 Å². The van der Waals surface area contributed by atoms with Gasteiger partial charge in [-0.1, -0.05) is 59.5 Å². The highest BCUT2D eigenvalue weighted by atomic mass is 32.2. The number of ether oxygens (including phenoxy) is 1. The summed E-state index contributed by atoms with van der Waals surface area (Å²) in [6.45, 7) is 1.61. The Kier molecular flexibility index (Phi) is 7.00. The lowest BCUT2D eigenvalue weighted by Gasteiger charge is -2.31. The van der Waals surface area contributed by atoms with E-state index in [1.165, 1.54) is 35.9 Å². The maximum atomic E-state index is 13.9. The minimum atomic E-state index is -0.866. The van der Waals surface area contributed by atoms with Crippen molar-refractivity contribution in [3.8, 4) is 5.75 Å². The van der Waals surface area contributed by atoms with Gasteiger partial charge in [-0.25, -0.2) is 9.29 Å². The number of methoxy groups -OCH3 is 1. The number of nitrogens with one attached hydrogen (secondary N) is 1. The predicted octanol–water partition coefficient (Wildman–Crippen LogP) is 4.80. The van der Waals surface area contributed by atoms with E-state index in [-0.39, 0.29) is 23.0 Å². The Balaban J connectivity index is 1.44. The maximum absolute atomic E-state index is 13.9. The van der Waals surface area contributed by atoms with Gasteiger partial charge in [-0.05, 0) is 48.9 Å². The molecule has 0 saturated carbocycles. The van der Waals surface area contributed by atoms with Gasteiger partial charge in [-0.15, -0.1) is 0 Å². The minimum absolute atomic E-state index is 0.258. The first-order chi connectivity index (χ1) is 19.8. The molecule has 1 saturated heterocycles. The molecule has 3 unspecified atom stereocenters. The minimum Gasteiger partial charge on any atom is -0.496 e. The number of imide groups is 1. The lowest BCUT2D eigenvalue weighted by atomic mass is 9.82. The monoisotopic (exact) mass is 589 g/mol. The Morgan fingerprint density at radius 1 is 0.976 bits per heavy atom. The second kappa shape index (κ2) is 10.6. The summed E-state index contributed by atoms with van der Waals surface area (Å²) < 4.78 is 20.6. The van der Waals surface area contributed by atoms with Crippen LogP contribution in [0.15, 0.2) is 82.6 Å². The number of benzene rings is 3. The Hall–Kier alpha value is -4.22. The Morgan fingerprint density at radius 3 is 2.41 bits per heavy atom. The molecule has 8 nitrogen and oxygen atoms in total.